The van der Waals surface area contributed by atoms with E-state index in [1.54, 1.807) is 18.3 Å². The predicted octanol–water partition coefficient (Wildman–Crippen LogP) is 3.76. The third-order valence-electron chi connectivity index (χ3n) is 6.89. The number of carbonyl (C=O) groups excluding carboxylic acids is 1. The van der Waals surface area contributed by atoms with Crippen LogP contribution in [0, 0.1) is 11.8 Å². The van der Waals surface area contributed by atoms with Crippen molar-refractivity contribution in [2.24, 2.45) is 10.7 Å². The number of hydrogen-bond acceptors (Lipinski definition) is 6. The van der Waals surface area contributed by atoms with Gasteiger partial charge in [0.2, 0.25) is 0 Å². The molecule has 2 aromatic heterocycles. The van der Waals surface area contributed by atoms with Gasteiger partial charge in [-0.2, -0.15) is 13.2 Å². The summed E-state index contributed by atoms with van der Waals surface area (Å²) >= 11 is 0. The third-order valence-corrected chi connectivity index (χ3v) is 6.89. The molecule has 1 amide bonds. The van der Waals surface area contributed by atoms with Crippen LogP contribution in [-0.2, 0) is 12.7 Å². The standard InChI is InChI=1S/C30H31F3N8O/c1-40-10-12-41(13-11-40)19-21-3-5-24(15-26(21)30(31,32)33)39-29(42)22-14-20(16-35-17-22)2-4-25-18-36-28(38-25)9-8-27(34)37-23-6-7-23/h3,5,8-9,14-18,23H,6-7,10-13,19H2,1H3,(H2,34,37)(H,36,38)(H,39,42)/b9-8-. The van der Waals surface area contributed by atoms with Crippen molar-refractivity contribution < 1.29 is 18.0 Å². The fraction of sp³-hybridized carbons (Fsp3) is 0.333. The van der Waals surface area contributed by atoms with E-state index in [1.165, 1.54) is 30.6 Å². The van der Waals surface area contributed by atoms with Crippen molar-refractivity contribution in [1.82, 2.24) is 24.8 Å². The fourth-order valence-corrected chi connectivity index (χ4v) is 4.38. The molecular formula is C30H31F3N8O. The second kappa shape index (κ2) is 12.6. The zero-order valence-corrected chi connectivity index (χ0v) is 23.1. The van der Waals surface area contributed by atoms with Gasteiger partial charge in [0.05, 0.1) is 23.4 Å². The molecule has 42 heavy (non-hydrogen) atoms. The summed E-state index contributed by atoms with van der Waals surface area (Å²) in [7, 11) is 1.99. The molecule has 0 spiro atoms. The van der Waals surface area contributed by atoms with E-state index in [4.69, 9.17) is 5.73 Å². The number of nitrogens with two attached hydrogens (primary N) is 1. The highest BCUT2D eigenvalue weighted by Crippen LogP contribution is 2.34. The number of hydrogen-bond donors (Lipinski definition) is 3. The van der Waals surface area contributed by atoms with Crippen molar-refractivity contribution in [3.8, 4) is 11.8 Å². The van der Waals surface area contributed by atoms with Crippen molar-refractivity contribution >= 4 is 23.5 Å². The average molecular weight is 577 g/mol. The zero-order valence-electron chi connectivity index (χ0n) is 23.1. The van der Waals surface area contributed by atoms with Crippen molar-refractivity contribution in [1.29, 1.82) is 0 Å². The van der Waals surface area contributed by atoms with E-state index in [0.29, 0.717) is 42.0 Å². The number of aromatic nitrogens is 3. The van der Waals surface area contributed by atoms with Crippen LogP contribution in [0.15, 0.2) is 53.9 Å². The van der Waals surface area contributed by atoms with Gasteiger partial charge in [0.25, 0.3) is 5.91 Å². The number of H-pyrrole nitrogens is 1. The molecule has 1 aromatic carbocycles. The number of likely N-dealkylation sites (N-methyl/N-ethyl adjacent to an activating group) is 1. The molecule has 3 heterocycles. The van der Waals surface area contributed by atoms with Gasteiger partial charge in [-0.3, -0.25) is 19.7 Å². The Morgan fingerprint density at radius 3 is 2.69 bits per heavy atom. The van der Waals surface area contributed by atoms with Crippen LogP contribution in [0.25, 0.3) is 6.08 Å². The van der Waals surface area contributed by atoms with E-state index in [1.807, 2.05) is 11.9 Å². The summed E-state index contributed by atoms with van der Waals surface area (Å²) in [5, 5.41) is 2.56. The number of piperazine rings is 1. The molecule has 0 radical (unpaired) electrons. The van der Waals surface area contributed by atoms with Crippen molar-refractivity contribution in [3.05, 3.63) is 82.7 Å². The Kier molecular flexibility index (Phi) is 8.70. The minimum absolute atomic E-state index is 0.0480. The molecule has 0 unspecified atom stereocenters. The van der Waals surface area contributed by atoms with Crippen LogP contribution in [0.5, 0.6) is 0 Å². The number of aromatic amines is 1. The first-order chi connectivity index (χ1) is 20.1. The van der Waals surface area contributed by atoms with Gasteiger partial charge in [-0.05, 0) is 61.7 Å². The molecule has 0 bridgehead atoms. The lowest BCUT2D eigenvalue weighted by atomic mass is 10.0. The largest absolute Gasteiger partial charge is 0.416 e. The number of nitrogens with one attached hydrogen (secondary N) is 2. The smallest absolute Gasteiger partial charge is 0.384 e. The summed E-state index contributed by atoms with van der Waals surface area (Å²) in [6, 6.07) is 5.75. The number of amidine groups is 1. The third kappa shape index (κ3) is 8.05. The monoisotopic (exact) mass is 576 g/mol. The van der Waals surface area contributed by atoms with Crippen LogP contribution in [0.4, 0.5) is 18.9 Å². The molecule has 5 rings (SSSR count). The van der Waals surface area contributed by atoms with E-state index in [-0.39, 0.29) is 23.4 Å². The highest BCUT2D eigenvalue weighted by molar-refractivity contribution is 6.04. The highest BCUT2D eigenvalue weighted by Gasteiger charge is 2.34. The average Bonchev–Trinajstić information content (AvgIpc) is 3.66. The Balaban J connectivity index is 1.24. The maximum absolute atomic E-state index is 13.9. The van der Waals surface area contributed by atoms with Crippen molar-refractivity contribution in [2.75, 3.05) is 38.5 Å². The normalized spacial score (nSPS) is 16.8. The molecule has 2 fully saturated rings. The summed E-state index contributed by atoms with van der Waals surface area (Å²) in [5.41, 5.74) is 6.48. The number of benzene rings is 1. The van der Waals surface area contributed by atoms with Crippen molar-refractivity contribution in [2.45, 2.75) is 31.6 Å². The lowest BCUT2D eigenvalue weighted by Crippen LogP contribution is -2.44. The molecule has 1 aliphatic heterocycles. The molecule has 9 nitrogen and oxygen atoms in total. The molecule has 1 saturated heterocycles. The fourth-order valence-electron chi connectivity index (χ4n) is 4.38. The van der Waals surface area contributed by atoms with Crippen LogP contribution < -0.4 is 11.1 Å². The maximum atomic E-state index is 13.9. The Hall–Kier alpha value is -4.47. The Bertz CT molecular complexity index is 1550. The summed E-state index contributed by atoms with van der Waals surface area (Å²) in [6.45, 7) is 3.19. The van der Waals surface area contributed by atoms with Gasteiger partial charge in [-0.15, -0.1) is 0 Å². The summed E-state index contributed by atoms with van der Waals surface area (Å²) in [4.78, 5) is 32.7. The Labute approximate surface area is 241 Å². The second-order valence-electron chi connectivity index (χ2n) is 10.4. The van der Waals surface area contributed by atoms with Gasteiger partial charge in [0.1, 0.15) is 17.4 Å². The highest BCUT2D eigenvalue weighted by atomic mass is 19.4. The molecule has 2 aliphatic rings. The number of amides is 1. The number of anilines is 1. The minimum atomic E-state index is -4.56. The minimum Gasteiger partial charge on any atom is -0.384 e. The number of aliphatic imine (C=N–C) groups is 1. The summed E-state index contributed by atoms with van der Waals surface area (Å²) in [5.74, 6) is 6.26. The number of rotatable bonds is 7. The lowest BCUT2D eigenvalue weighted by Gasteiger charge is -2.33. The molecule has 12 heteroatoms. The molecule has 3 aromatic rings. The molecular weight excluding hydrogens is 545 g/mol. The Morgan fingerprint density at radius 2 is 1.95 bits per heavy atom. The number of alkyl halides is 3. The van der Waals surface area contributed by atoms with E-state index in [0.717, 1.165) is 32.0 Å². The van der Waals surface area contributed by atoms with Crippen LogP contribution in [0.1, 0.15) is 51.4 Å². The molecule has 218 valence electrons. The molecule has 1 saturated carbocycles. The van der Waals surface area contributed by atoms with Gasteiger partial charge in [0, 0.05) is 56.4 Å². The van der Waals surface area contributed by atoms with Gasteiger partial charge < -0.3 is 20.9 Å². The number of carbonyl (C=O) groups is 1. The van der Waals surface area contributed by atoms with Crippen LogP contribution in [0.3, 0.4) is 0 Å². The first-order valence-electron chi connectivity index (χ1n) is 13.6. The van der Waals surface area contributed by atoms with Crippen LogP contribution in [-0.4, -0.2) is 75.8 Å². The van der Waals surface area contributed by atoms with Crippen molar-refractivity contribution in [3.63, 3.8) is 0 Å². The van der Waals surface area contributed by atoms with E-state index in [9.17, 15) is 18.0 Å². The second-order valence-corrected chi connectivity index (χ2v) is 10.4. The van der Waals surface area contributed by atoms with E-state index in [2.05, 4.69) is 42.0 Å². The van der Waals surface area contributed by atoms with E-state index >= 15 is 0 Å². The molecule has 0 atom stereocenters. The predicted molar refractivity (Wildman–Crippen MR) is 155 cm³/mol. The summed E-state index contributed by atoms with van der Waals surface area (Å²) in [6.07, 6.45) is 5.35. The number of halogens is 3. The van der Waals surface area contributed by atoms with E-state index < -0.39 is 17.6 Å². The molecule has 4 N–H and O–H groups in total. The summed E-state index contributed by atoms with van der Waals surface area (Å²) < 4.78 is 41.8. The van der Waals surface area contributed by atoms with Gasteiger partial charge in [0.15, 0.2) is 0 Å². The van der Waals surface area contributed by atoms with Gasteiger partial charge in [-0.25, -0.2) is 4.98 Å². The lowest BCUT2D eigenvalue weighted by molar-refractivity contribution is -0.138. The first-order valence-corrected chi connectivity index (χ1v) is 13.6. The molecule has 1 aliphatic carbocycles. The topological polar surface area (TPSA) is 116 Å². The first kappa shape index (κ1) is 29.0. The van der Waals surface area contributed by atoms with Gasteiger partial charge in [-0.1, -0.05) is 12.0 Å². The number of pyridine rings is 1. The van der Waals surface area contributed by atoms with Gasteiger partial charge >= 0.3 is 6.18 Å². The maximum Gasteiger partial charge on any atom is 0.416 e. The zero-order chi connectivity index (χ0) is 29.7. The SMILES string of the molecule is CN1CCN(Cc2ccc(NC(=O)c3cncc(C#Cc4cnc(/C=C\C(N)=NC5CC5)[nH]4)c3)cc2C(F)(F)F)CC1. The number of nitrogens with zero attached hydrogens (tertiary/aromatic N) is 5. The van der Waals surface area contributed by atoms with Crippen LogP contribution >= 0.6 is 0 Å². The quantitative estimate of drug-likeness (QED) is 0.224. The van der Waals surface area contributed by atoms with Crippen LogP contribution in [0.2, 0.25) is 0 Å². The Morgan fingerprint density at radius 1 is 1.17 bits per heavy atom. The number of imidazole rings is 1.